The molecule has 3 nitrogen and oxygen atoms in total. The highest BCUT2D eigenvalue weighted by molar-refractivity contribution is 5.24. The standard InChI is InChI=1S/C16H22O3/c1-12-3-2-4-13(9-12)15(17)14-5-7-19-16(10-14)6-8-18-11-16/h2-4,9,14-15,17H,5-8,10-11H2,1H3. The highest BCUT2D eigenvalue weighted by Crippen LogP contribution is 2.40. The maximum atomic E-state index is 10.6. The van der Waals surface area contributed by atoms with Crippen molar-refractivity contribution in [1.29, 1.82) is 0 Å². The van der Waals surface area contributed by atoms with Crippen LogP contribution in [0, 0.1) is 12.8 Å². The normalized spacial score (nSPS) is 32.6. The molecule has 104 valence electrons. The summed E-state index contributed by atoms with van der Waals surface area (Å²) in [6.07, 6.45) is 2.41. The fraction of sp³-hybridized carbons (Fsp3) is 0.625. The lowest BCUT2D eigenvalue weighted by molar-refractivity contribution is -0.117. The van der Waals surface area contributed by atoms with E-state index in [0.717, 1.165) is 38.0 Å². The van der Waals surface area contributed by atoms with Crippen LogP contribution in [0.1, 0.15) is 36.5 Å². The van der Waals surface area contributed by atoms with E-state index in [1.54, 1.807) is 0 Å². The predicted molar refractivity (Wildman–Crippen MR) is 73.0 cm³/mol. The molecule has 0 amide bonds. The third-order valence-corrected chi connectivity index (χ3v) is 4.43. The number of ether oxygens (including phenoxy) is 2. The first-order valence-electron chi connectivity index (χ1n) is 7.15. The fourth-order valence-corrected chi connectivity index (χ4v) is 3.32. The molecular weight excluding hydrogens is 240 g/mol. The number of aryl methyl sites for hydroxylation is 1. The van der Waals surface area contributed by atoms with Gasteiger partial charge >= 0.3 is 0 Å². The Bertz CT molecular complexity index is 437. The van der Waals surface area contributed by atoms with E-state index in [4.69, 9.17) is 9.47 Å². The maximum absolute atomic E-state index is 10.6. The molecule has 3 rings (SSSR count). The minimum atomic E-state index is -0.388. The van der Waals surface area contributed by atoms with Crippen LogP contribution in [0.15, 0.2) is 24.3 Å². The molecule has 1 N–H and O–H groups in total. The summed E-state index contributed by atoms with van der Waals surface area (Å²) in [7, 11) is 0. The van der Waals surface area contributed by atoms with Gasteiger partial charge in [-0.15, -0.1) is 0 Å². The minimum absolute atomic E-state index is 0.131. The Kier molecular flexibility index (Phi) is 3.61. The highest BCUT2D eigenvalue weighted by atomic mass is 16.6. The van der Waals surface area contributed by atoms with Gasteiger partial charge in [0.2, 0.25) is 0 Å². The molecule has 0 aliphatic carbocycles. The molecule has 1 aromatic rings. The van der Waals surface area contributed by atoms with Crippen molar-refractivity contribution in [2.45, 2.75) is 37.9 Å². The molecule has 19 heavy (non-hydrogen) atoms. The summed E-state index contributed by atoms with van der Waals surface area (Å²) in [5.74, 6) is 0.275. The van der Waals surface area contributed by atoms with Gasteiger partial charge in [-0.05, 0) is 31.2 Å². The molecule has 2 heterocycles. The first kappa shape index (κ1) is 13.1. The fourth-order valence-electron chi connectivity index (χ4n) is 3.32. The van der Waals surface area contributed by atoms with Gasteiger partial charge in [0.15, 0.2) is 0 Å². The monoisotopic (exact) mass is 262 g/mol. The summed E-state index contributed by atoms with van der Waals surface area (Å²) in [5.41, 5.74) is 2.09. The molecule has 2 aliphatic heterocycles. The Hall–Kier alpha value is -0.900. The molecule has 0 saturated carbocycles. The van der Waals surface area contributed by atoms with E-state index in [1.807, 2.05) is 12.1 Å². The van der Waals surface area contributed by atoms with Gasteiger partial charge in [-0.3, -0.25) is 0 Å². The van der Waals surface area contributed by atoms with Crippen LogP contribution in [0.4, 0.5) is 0 Å². The van der Waals surface area contributed by atoms with Crippen LogP contribution in [-0.2, 0) is 9.47 Å². The van der Waals surface area contributed by atoms with E-state index in [-0.39, 0.29) is 17.6 Å². The van der Waals surface area contributed by atoms with Crippen LogP contribution >= 0.6 is 0 Å². The smallest absolute Gasteiger partial charge is 0.0940 e. The highest BCUT2D eigenvalue weighted by Gasteiger charge is 2.42. The van der Waals surface area contributed by atoms with Gasteiger partial charge in [-0.1, -0.05) is 29.8 Å². The number of benzene rings is 1. The molecule has 1 aromatic carbocycles. The second-order valence-corrected chi connectivity index (χ2v) is 5.95. The van der Waals surface area contributed by atoms with Crippen LogP contribution in [-0.4, -0.2) is 30.5 Å². The van der Waals surface area contributed by atoms with Crippen LogP contribution in [0.25, 0.3) is 0 Å². The van der Waals surface area contributed by atoms with E-state index in [9.17, 15) is 5.11 Å². The Balaban J connectivity index is 1.74. The summed E-state index contributed by atoms with van der Waals surface area (Å²) < 4.78 is 11.4. The van der Waals surface area contributed by atoms with Crippen molar-refractivity contribution in [1.82, 2.24) is 0 Å². The molecule has 1 spiro atoms. The predicted octanol–water partition coefficient (Wildman–Crippen LogP) is 2.61. The summed E-state index contributed by atoms with van der Waals surface area (Å²) in [6.45, 7) is 4.26. The number of rotatable bonds is 2. The van der Waals surface area contributed by atoms with Crippen molar-refractivity contribution >= 4 is 0 Å². The van der Waals surface area contributed by atoms with Crippen LogP contribution in [0.3, 0.4) is 0 Å². The number of hydrogen-bond donors (Lipinski definition) is 1. The number of aliphatic hydroxyl groups is 1. The second kappa shape index (κ2) is 5.23. The van der Waals surface area contributed by atoms with Gasteiger partial charge in [-0.2, -0.15) is 0 Å². The number of hydrogen-bond acceptors (Lipinski definition) is 3. The van der Waals surface area contributed by atoms with E-state index in [1.165, 1.54) is 5.56 Å². The lowest BCUT2D eigenvalue weighted by atomic mass is 9.80. The molecular formula is C16H22O3. The van der Waals surface area contributed by atoms with E-state index in [0.29, 0.717) is 6.61 Å². The summed E-state index contributed by atoms with van der Waals surface area (Å²) in [6, 6.07) is 8.18. The van der Waals surface area contributed by atoms with Gasteiger partial charge < -0.3 is 14.6 Å². The van der Waals surface area contributed by atoms with Crippen LogP contribution < -0.4 is 0 Å². The number of aliphatic hydroxyl groups excluding tert-OH is 1. The molecule has 0 radical (unpaired) electrons. The van der Waals surface area contributed by atoms with Gasteiger partial charge in [0.25, 0.3) is 0 Å². The van der Waals surface area contributed by atoms with Crippen molar-refractivity contribution in [3.8, 4) is 0 Å². The van der Waals surface area contributed by atoms with Crippen molar-refractivity contribution in [3.05, 3.63) is 35.4 Å². The Morgan fingerprint density at radius 1 is 1.37 bits per heavy atom. The molecule has 2 aliphatic rings. The van der Waals surface area contributed by atoms with Gasteiger partial charge in [0.1, 0.15) is 0 Å². The third-order valence-electron chi connectivity index (χ3n) is 4.43. The Morgan fingerprint density at radius 2 is 2.26 bits per heavy atom. The van der Waals surface area contributed by atoms with E-state index >= 15 is 0 Å². The minimum Gasteiger partial charge on any atom is -0.388 e. The summed E-state index contributed by atoms with van der Waals surface area (Å²) in [4.78, 5) is 0. The van der Waals surface area contributed by atoms with E-state index in [2.05, 4.69) is 19.1 Å². The quantitative estimate of drug-likeness (QED) is 0.890. The largest absolute Gasteiger partial charge is 0.388 e. The maximum Gasteiger partial charge on any atom is 0.0940 e. The molecule has 3 atom stereocenters. The zero-order valence-electron chi connectivity index (χ0n) is 11.5. The van der Waals surface area contributed by atoms with Crippen LogP contribution in [0.2, 0.25) is 0 Å². The molecule has 2 fully saturated rings. The molecule has 0 bridgehead atoms. The molecule has 2 saturated heterocycles. The lowest BCUT2D eigenvalue weighted by Gasteiger charge is -2.39. The summed E-state index contributed by atoms with van der Waals surface area (Å²) in [5, 5.41) is 10.6. The summed E-state index contributed by atoms with van der Waals surface area (Å²) >= 11 is 0. The first-order chi connectivity index (χ1) is 9.19. The van der Waals surface area contributed by atoms with E-state index < -0.39 is 0 Å². The Labute approximate surface area is 114 Å². The Morgan fingerprint density at radius 3 is 3.00 bits per heavy atom. The van der Waals surface area contributed by atoms with Gasteiger partial charge in [-0.25, -0.2) is 0 Å². The average Bonchev–Trinajstić information content (AvgIpc) is 2.86. The van der Waals surface area contributed by atoms with Crippen molar-refractivity contribution < 1.29 is 14.6 Å². The van der Waals surface area contributed by atoms with Crippen molar-refractivity contribution in [3.63, 3.8) is 0 Å². The van der Waals surface area contributed by atoms with Crippen molar-refractivity contribution in [2.75, 3.05) is 19.8 Å². The second-order valence-electron chi connectivity index (χ2n) is 5.95. The molecule has 3 unspecified atom stereocenters. The zero-order valence-corrected chi connectivity index (χ0v) is 11.5. The van der Waals surface area contributed by atoms with Gasteiger partial charge in [0, 0.05) is 19.6 Å². The average molecular weight is 262 g/mol. The molecule has 3 heteroatoms. The lowest BCUT2D eigenvalue weighted by Crippen LogP contribution is -2.41. The molecule has 0 aromatic heterocycles. The van der Waals surface area contributed by atoms with Crippen molar-refractivity contribution in [2.24, 2.45) is 5.92 Å². The SMILES string of the molecule is Cc1cccc(C(O)C2CCOC3(CCOC3)C2)c1. The zero-order chi connectivity index (χ0) is 13.3. The third kappa shape index (κ3) is 2.69. The topological polar surface area (TPSA) is 38.7 Å². The first-order valence-corrected chi connectivity index (χ1v) is 7.15. The van der Waals surface area contributed by atoms with Crippen LogP contribution in [0.5, 0.6) is 0 Å². The van der Waals surface area contributed by atoms with Gasteiger partial charge in [0.05, 0.1) is 18.3 Å².